The largest absolute Gasteiger partial charge is 0.391 e. The highest BCUT2D eigenvalue weighted by Crippen LogP contribution is 2.42. The van der Waals surface area contributed by atoms with E-state index in [0.717, 1.165) is 24.9 Å². The Morgan fingerprint density at radius 1 is 1.43 bits per heavy atom. The van der Waals surface area contributed by atoms with Crippen molar-refractivity contribution in [2.75, 3.05) is 19.6 Å². The molecule has 154 valence electrons. The second kappa shape index (κ2) is 8.57. The monoisotopic (exact) mass is 390 g/mol. The number of nitrogens with one attached hydrogen (secondary N) is 1. The summed E-state index contributed by atoms with van der Waals surface area (Å²) in [6.45, 7) is 5.69. The Hall–Kier alpha value is -2.00. The summed E-state index contributed by atoms with van der Waals surface area (Å²) in [7, 11) is 0. The molecule has 4 atom stereocenters. The molecule has 0 aliphatic carbocycles. The number of primary amides is 1. The van der Waals surface area contributed by atoms with Crippen LogP contribution in [0.1, 0.15) is 32.3 Å². The van der Waals surface area contributed by atoms with Crippen molar-refractivity contribution in [3.8, 4) is 0 Å². The van der Waals surface area contributed by atoms with Crippen LogP contribution in [0.25, 0.3) is 0 Å². The lowest BCUT2D eigenvalue weighted by atomic mass is 9.87. The number of likely N-dealkylation sites (tertiary alicyclic amines) is 1. The number of hydrogen-bond donors (Lipinski definition) is 3. The molecule has 2 amide bonds. The summed E-state index contributed by atoms with van der Waals surface area (Å²) in [5, 5.41) is 14.2. The molecule has 4 N–H and O–H groups in total. The first-order valence-corrected chi connectivity index (χ1v) is 9.85. The van der Waals surface area contributed by atoms with Gasteiger partial charge in [-0.1, -0.05) is 37.3 Å². The van der Waals surface area contributed by atoms with Crippen molar-refractivity contribution in [1.82, 2.24) is 15.3 Å². The first-order valence-electron chi connectivity index (χ1n) is 9.85. The second-order valence-electron chi connectivity index (χ2n) is 7.64. The molecule has 2 unspecified atom stereocenters. The van der Waals surface area contributed by atoms with Crippen molar-refractivity contribution in [2.24, 2.45) is 5.73 Å². The van der Waals surface area contributed by atoms with Gasteiger partial charge in [-0.2, -0.15) is 0 Å². The number of benzene rings is 1. The molecule has 2 saturated heterocycles. The highest BCUT2D eigenvalue weighted by atomic mass is 16.7. The predicted molar refractivity (Wildman–Crippen MR) is 104 cm³/mol. The Morgan fingerprint density at radius 2 is 2.14 bits per heavy atom. The van der Waals surface area contributed by atoms with Crippen LogP contribution in [0, 0.1) is 0 Å². The van der Waals surface area contributed by atoms with Crippen molar-refractivity contribution < 1.29 is 19.5 Å². The van der Waals surface area contributed by atoms with E-state index >= 15 is 0 Å². The van der Waals surface area contributed by atoms with E-state index in [9.17, 15) is 14.7 Å². The minimum Gasteiger partial charge on any atom is -0.391 e. The fraction of sp³-hybridized carbons (Fsp3) is 0.600. The van der Waals surface area contributed by atoms with Gasteiger partial charge in [-0.05, 0) is 31.9 Å². The summed E-state index contributed by atoms with van der Waals surface area (Å²) in [4.78, 5) is 32.3. The number of β-lactam (4-membered cyclic amide) rings is 1. The average molecular weight is 390 g/mol. The molecular weight excluding hydrogens is 360 g/mol. The molecule has 8 nitrogen and oxygen atoms in total. The van der Waals surface area contributed by atoms with E-state index in [4.69, 9.17) is 10.6 Å². The maximum absolute atomic E-state index is 12.9. The quantitative estimate of drug-likeness (QED) is 0.513. The average Bonchev–Trinajstić information content (AvgIpc) is 3.05. The van der Waals surface area contributed by atoms with Gasteiger partial charge in [0.2, 0.25) is 5.91 Å². The first kappa shape index (κ1) is 20.7. The van der Waals surface area contributed by atoms with Crippen LogP contribution in [0.3, 0.4) is 0 Å². The normalized spacial score (nSPS) is 27.0. The summed E-state index contributed by atoms with van der Waals surface area (Å²) in [5.41, 5.74) is 5.85. The molecule has 0 aromatic heterocycles. The number of rotatable bonds is 9. The smallest absolute Gasteiger partial charge is 0.268 e. The van der Waals surface area contributed by atoms with Crippen molar-refractivity contribution in [2.45, 2.75) is 57.0 Å². The molecule has 28 heavy (non-hydrogen) atoms. The van der Waals surface area contributed by atoms with Gasteiger partial charge in [0.25, 0.3) is 5.91 Å². The SMILES string of the molecule is CCN1C(CN[C@H](C(N)=O)[C@@H](C)O)CCC12CN(OCc1ccccc1)C2=O. The number of carbonyl (C=O) groups is 2. The number of carbonyl (C=O) groups excluding carboxylic acids is 2. The number of nitrogens with zero attached hydrogens (tertiary/aromatic N) is 2. The molecule has 1 aromatic rings. The molecule has 2 aliphatic heterocycles. The molecule has 2 heterocycles. The zero-order chi connectivity index (χ0) is 20.3. The third-order valence-corrected chi connectivity index (χ3v) is 5.84. The number of hydroxylamine groups is 2. The van der Waals surface area contributed by atoms with E-state index in [1.54, 1.807) is 0 Å². The lowest BCUT2D eigenvalue weighted by molar-refractivity contribution is -0.243. The molecule has 2 aliphatic rings. The summed E-state index contributed by atoms with van der Waals surface area (Å²) in [6.07, 6.45) is 0.729. The van der Waals surface area contributed by atoms with Gasteiger partial charge >= 0.3 is 0 Å². The molecule has 0 bridgehead atoms. The summed E-state index contributed by atoms with van der Waals surface area (Å²) < 4.78 is 0. The van der Waals surface area contributed by atoms with Gasteiger partial charge in [0.05, 0.1) is 12.6 Å². The van der Waals surface area contributed by atoms with Gasteiger partial charge in [0, 0.05) is 12.6 Å². The molecule has 3 rings (SSSR count). The first-order chi connectivity index (χ1) is 13.4. The van der Waals surface area contributed by atoms with Crippen LogP contribution in [-0.2, 0) is 21.0 Å². The van der Waals surface area contributed by atoms with Crippen LogP contribution in [0.15, 0.2) is 30.3 Å². The van der Waals surface area contributed by atoms with E-state index in [1.165, 1.54) is 12.0 Å². The van der Waals surface area contributed by atoms with Crippen LogP contribution in [-0.4, -0.2) is 70.2 Å². The molecule has 8 heteroatoms. The Bertz CT molecular complexity index is 699. The maximum Gasteiger partial charge on any atom is 0.268 e. The van der Waals surface area contributed by atoms with E-state index in [-0.39, 0.29) is 11.9 Å². The molecule has 1 aromatic carbocycles. The van der Waals surface area contributed by atoms with Gasteiger partial charge in [-0.3, -0.25) is 19.3 Å². The molecule has 0 saturated carbocycles. The van der Waals surface area contributed by atoms with Gasteiger partial charge in [0.15, 0.2) is 0 Å². The molecule has 1 spiro atoms. The highest BCUT2D eigenvalue weighted by Gasteiger charge is 2.61. The van der Waals surface area contributed by atoms with Gasteiger partial charge in [-0.25, -0.2) is 5.06 Å². The summed E-state index contributed by atoms with van der Waals surface area (Å²) in [6, 6.07) is 9.07. The molecule has 0 radical (unpaired) electrons. The minimum atomic E-state index is -0.866. The fourth-order valence-corrected chi connectivity index (χ4v) is 4.35. The van der Waals surface area contributed by atoms with Crippen LogP contribution < -0.4 is 11.1 Å². The lowest BCUT2D eigenvalue weighted by Gasteiger charge is -2.51. The van der Waals surface area contributed by atoms with Crippen molar-refractivity contribution in [3.63, 3.8) is 0 Å². The van der Waals surface area contributed by atoms with Gasteiger partial charge in [0.1, 0.15) is 18.2 Å². The fourth-order valence-electron chi connectivity index (χ4n) is 4.35. The second-order valence-corrected chi connectivity index (χ2v) is 7.64. The minimum absolute atomic E-state index is 0.00485. The number of nitrogens with two attached hydrogens (primary N) is 1. The Morgan fingerprint density at radius 3 is 2.71 bits per heavy atom. The predicted octanol–water partition coefficient (Wildman–Crippen LogP) is 0.00780. The molecule has 2 fully saturated rings. The highest BCUT2D eigenvalue weighted by molar-refractivity contribution is 5.92. The maximum atomic E-state index is 12.9. The Labute approximate surface area is 165 Å². The Balaban J connectivity index is 1.56. The number of likely N-dealkylation sites (N-methyl/N-ethyl adjacent to an activating group) is 1. The third kappa shape index (κ3) is 3.91. The number of aliphatic hydroxyl groups excluding tert-OH is 1. The zero-order valence-corrected chi connectivity index (χ0v) is 16.5. The standard InChI is InChI=1S/C20H30N4O4/c1-3-23-16(11-22-17(14(2)25)18(21)26)9-10-20(23)13-24(19(20)27)28-12-15-7-5-4-6-8-15/h4-8,14,16-17,22,25H,3,9-13H2,1-2H3,(H2,21,26)/t14-,16?,17+,20?/m1/s1. The van der Waals surface area contributed by atoms with Crippen molar-refractivity contribution >= 4 is 11.8 Å². The number of aliphatic hydroxyl groups is 1. The van der Waals surface area contributed by atoms with E-state index in [0.29, 0.717) is 19.7 Å². The van der Waals surface area contributed by atoms with Crippen LogP contribution in [0.4, 0.5) is 0 Å². The molecular formula is C20H30N4O4. The van der Waals surface area contributed by atoms with E-state index < -0.39 is 23.6 Å². The van der Waals surface area contributed by atoms with Crippen LogP contribution in [0.5, 0.6) is 0 Å². The lowest BCUT2D eigenvalue weighted by Crippen LogP contribution is -2.72. The van der Waals surface area contributed by atoms with Gasteiger partial charge in [-0.15, -0.1) is 0 Å². The zero-order valence-electron chi connectivity index (χ0n) is 16.5. The Kier molecular flexibility index (Phi) is 6.34. The van der Waals surface area contributed by atoms with Crippen LogP contribution in [0.2, 0.25) is 0 Å². The topological polar surface area (TPSA) is 108 Å². The number of hydrogen-bond acceptors (Lipinski definition) is 6. The number of amides is 2. The summed E-state index contributed by atoms with van der Waals surface area (Å²) >= 11 is 0. The van der Waals surface area contributed by atoms with Crippen LogP contribution >= 0.6 is 0 Å². The summed E-state index contributed by atoms with van der Waals surface area (Å²) in [5.74, 6) is -0.583. The van der Waals surface area contributed by atoms with Crippen molar-refractivity contribution in [3.05, 3.63) is 35.9 Å². The van der Waals surface area contributed by atoms with E-state index in [1.807, 2.05) is 37.3 Å². The van der Waals surface area contributed by atoms with Gasteiger partial charge < -0.3 is 16.2 Å². The third-order valence-electron chi connectivity index (χ3n) is 5.84. The van der Waals surface area contributed by atoms with E-state index in [2.05, 4.69) is 10.2 Å². The van der Waals surface area contributed by atoms with Crippen molar-refractivity contribution in [1.29, 1.82) is 0 Å².